The van der Waals surface area contributed by atoms with Crippen LogP contribution in [-0.2, 0) is 9.59 Å². The fraction of sp³-hybridized carbons (Fsp3) is 0.357. The summed E-state index contributed by atoms with van der Waals surface area (Å²) in [6, 6.07) is 6.00. The maximum Gasteiger partial charge on any atom is 0.313 e. The van der Waals surface area contributed by atoms with Crippen LogP contribution in [0.5, 0.6) is 5.75 Å². The Morgan fingerprint density at radius 1 is 1.55 bits per heavy atom. The topological polar surface area (TPSA) is 99.4 Å². The van der Waals surface area contributed by atoms with Crippen molar-refractivity contribution in [2.75, 3.05) is 0 Å². The average Bonchev–Trinajstić information content (AvgIpc) is 2.37. The lowest BCUT2D eigenvalue weighted by Crippen LogP contribution is -2.51. The Balaban J connectivity index is 2.61. The van der Waals surface area contributed by atoms with Gasteiger partial charge in [-0.2, -0.15) is 5.26 Å². The highest BCUT2D eigenvalue weighted by atomic mass is 16.5. The van der Waals surface area contributed by atoms with Crippen molar-refractivity contribution in [1.82, 2.24) is 5.32 Å². The molecule has 0 bridgehead atoms. The van der Waals surface area contributed by atoms with Gasteiger partial charge in [0.1, 0.15) is 17.3 Å². The summed E-state index contributed by atoms with van der Waals surface area (Å²) in [5.74, 6) is -1.54. The Bertz CT molecular complexity index is 604. The van der Waals surface area contributed by atoms with Crippen molar-refractivity contribution < 1.29 is 19.4 Å². The molecule has 0 fully saturated rings. The Labute approximate surface area is 116 Å². The molecular weight excluding hydrogens is 260 g/mol. The van der Waals surface area contributed by atoms with E-state index in [-0.39, 0.29) is 0 Å². The van der Waals surface area contributed by atoms with Crippen molar-refractivity contribution in [2.24, 2.45) is 5.92 Å². The van der Waals surface area contributed by atoms with Gasteiger partial charge in [0.05, 0.1) is 17.7 Å². The van der Waals surface area contributed by atoms with Crippen molar-refractivity contribution in [2.45, 2.75) is 25.5 Å². The number of hydrogen-bond donors (Lipinski definition) is 2. The number of ether oxygens (including phenoxy) is 1. The quantitative estimate of drug-likeness (QED) is 0.807. The van der Waals surface area contributed by atoms with Crippen LogP contribution < -0.4 is 10.1 Å². The first-order valence-electron chi connectivity index (χ1n) is 6.06. The minimum atomic E-state index is -1.07. The number of nitrogens with zero attached hydrogens (tertiary/aromatic N) is 1. The van der Waals surface area contributed by atoms with Crippen molar-refractivity contribution in [3.63, 3.8) is 0 Å². The molecule has 0 aliphatic carbocycles. The molecule has 2 N–H and O–H groups in total. The van der Waals surface area contributed by atoms with Crippen LogP contribution in [0.4, 0.5) is 0 Å². The smallest absolute Gasteiger partial charge is 0.313 e. The number of amides is 1. The van der Waals surface area contributed by atoms with E-state index in [4.69, 9.17) is 10.00 Å². The number of rotatable bonds is 3. The third kappa shape index (κ3) is 2.18. The first-order valence-corrected chi connectivity index (χ1v) is 6.06. The largest absolute Gasteiger partial charge is 0.486 e. The standard InChI is InChI=1S/C14H14N2O4/c1-14(2)11(13(18)19)12(16-7-17)9-5-8(6-15)3-4-10(9)20-14/h3-5,7,11-12H,1-2H3,(H,16,17)(H,18,19). The van der Waals surface area contributed by atoms with Gasteiger partial charge in [-0.3, -0.25) is 9.59 Å². The van der Waals surface area contributed by atoms with E-state index in [1.807, 2.05) is 6.07 Å². The van der Waals surface area contributed by atoms with Crippen molar-refractivity contribution >= 4 is 12.4 Å². The van der Waals surface area contributed by atoms with Gasteiger partial charge in [0.2, 0.25) is 6.41 Å². The van der Waals surface area contributed by atoms with Crippen LogP contribution >= 0.6 is 0 Å². The van der Waals surface area contributed by atoms with Gasteiger partial charge in [0.25, 0.3) is 0 Å². The lowest BCUT2D eigenvalue weighted by atomic mass is 9.78. The molecule has 1 aromatic carbocycles. The van der Waals surface area contributed by atoms with E-state index >= 15 is 0 Å². The number of carbonyl (C=O) groups is 2. The number of carboxylic acid groups (broad SMARTS) is 1. The second kappa shape index (κ2) is 4.85. The highest BCUT2D eigenvalue weighted by Crippen LogP contribution is 2.43. The van der Waals surface area contributed by atoms with Crippen LogP contribution in [0.2, 0.25) is 0 Å². The minimum absolute atomic E-state index is 0.383. The number of nitriles is 1. The number of nitrogens with one attached hydrogen (secondary N) is 1. The van der Waals surface area contributed by atoms with E-state index in [2.05, 4.69) is 5.32 Å². The summed E-state index contributed by atoms with van der Waals surface area (Å²) in [6.45, 7) is 3.32. The van der Waals surface area contributed by atoms with Crippen LogP contribution in [0.1, 0.15) is 31.0 Å². The molecule has 2 rings (SSSR count). The maximum atomic E-state index is 11.5. The Kier molecular flexibility index (Phi) is 3.36. The summed E-state index contributed by atoms with van der Waals surface area (Å²) in [5.41, 5.74) is -0.0926. The Morgan fingerprint density at radius 2 is 2.25 bits per heavy atom. The molecular formula is C14H14N2O4. The summed E-state index contributed by atoms with van der Waals surface area (Å²) < 4.78 is 5.72. The minimum Gasteiger partial charge on any atom is -0.486 e. The predicted molar refractivity (Wildman–Crippen MR) is 68.9 cm³/mol. The summed E-state index contributed by atoms with van der Waals surface area (Å²) in [4.78, 5) is 22.3. The second-order valence-electron chi connectivity index (χ2n) is 5.15. The summed E-state index contributed by atoms with van der Waals surface area (Å²) >= 11 is 0. The number of hydrogen-bond acceptors (Lipinski definition) is 4. The third-order valence-electron chi connectivity index (χ3n) is 3.44. The highest BCUT2D eigenvalue weighted by molar-refractivity contribution is 5.75. The summed E-state index contributed by atoms with van der Waals surface area (Å²) in [6.07, 6.45) is 0.463. The molecule has 0 spiro atoms. The van der Waals surface area contributed by atoms with Gasteiger partial charge in [-0.15, -0.1) is 0 Å². The van der Waals surface area contributed by atoms with E-state index in [1.54, 1.807) is 32.0 Å². The van der Waals surface area contributed by atoms with Crippen LogP contribution in [0, 0.1) is 17.2 Å². The molecule has 0 radical (unpaired) electrons. The van der Waals surface area contributed by atoms with E-state index < -0.39 is 23.5 Å². The summed E-state index contributed by atoms with van der Waals surface area (Å²) in [7, 11) is 0. The van der Waals surface area contributed by atoms with Gasteiger partial charge in [-0.1, -0.05) is 0 Å². The molecule has 0 saturated heterocycles. The van der Waals surface area contributed by atoms with Gasteiger partial charge in [0, 0.05) is 5.56 Å². The number of fused-ring (bicyclic) bond motifs is 1. The maximum absolute atomic E-state index is 11.5. The molecule has 6 heteroatoms. The molecule has 1 heterocycles. The Hall–Kier alpha value is -2.55. The van der Waals surface area contributed by atoms with Crippen LogP contribution in [0.25, 0.3) is 0 Å². The van der Waals surface area contributed by atoms with E-state index in [0.717, 1.165) is 0 Å². The lowest BCUT2D eigenvalue weighted by Gasteiger charge is -2.42. The van der Waals surface area contributed by atoms with Gasteiger partial charge < -0.3 is 15.2 Å². The molecule has 1 aliphatic heterocycles. The average molecular weight is 274 g/mol. The zero-order chi connectivity index (χ0) is 14.9. The molecule has 104 valence electrons. The first kappa shape index (κ1) is 13.9. The Morgan fingerprint density at radius 3 is 2.80 bits per heavy atom. The molecule has 6 nitrogen and oxygen atoms in total. The fourth-order valence-electron chi connectivity index (χ4n) is 2.58. The highest BCUT2D eigenvalue weighted by Gasteiger charge is 2.48. The van der Waals surface area contributed by atoms with Crippen molar-refractivity contribution in [1.29, 1.82) is 5.26 Å². The van der Waals surface area contributed by atoms with Crippen LogP contribution in [-0.4, -0.2) is 23.1 Å². The van der Waals surface area contributed by atoms with Crippen LogP contribution in [0.3, 0.4) is 0 Å². The molecule has 2 atom stereocenters. The molecule has 1 amide bonds. The monoisotopic (exact) mass is 274 g/mol. The van der Waals surface area contributed by atoms with Gasteiger partial charge in [-0.25, -0.2) is 0 Å². The molecule has 0 saturated carbocycles. The number of benzene rings is 1. The van der Waals surface area contributed by atoms with E-state index in [9.17, 15) is 14.7 Å². The lowest BCUT2D eigenvalue weighted by molar-refractivity contribution is -0.152. The normalized spacial score (nSPS) is 22.9. The molecule has 0 aromatic heterocycles. The predicted octanol–water partition coefficient (Wildman–Crippen LogP) is 1.22. The van der Waals surface area contributed by atoms with Gasteiger partial charge in [0.15, 0.2) is 0 Å². The summed E-state index contributed by atoms with van der Waals surface area (Å²) in [5, 5.41) is 20.9. The van der Waals surface area contributed by atoms with Crippen molar-refractivity contribution in [3.05, 3.63) is 29.3 Å². The second-order valence-corrected chi connectivity index (χ2v) is 5.15. The van der Waals surface area contributed by atoms with E-state index in [1.165, 1.54) is 0 Å². The molecule has 1 aliphatic rings. The molecule has 20 heavy (non-hydrogen) atoms. The SMILES string of the molecule is CC1(C)Oc2ccc(C#N)cc2C(NC=O)C1C(=O)O. The van der Waals surface area contributed by atoms with Gasteiger partial charge in [-0.05, 0) is 32.0 Å². The zero-order valence-corrected chi connectivity index (χ0v) is 11.1. The van der Waals surface area contributed by atoms with Crippen LogP contribution in [0.15, 0.2) is 18.2 Å². The van der Waals surface area contributed by atoms with Gasteiger partial charge >= 0.3 is 5.97 Å². The fourth-order valence-corrected chi connectivity index (χ4v) is 2.58. The number of carboxylic acids is 1. The zero-order valence-electron chi connectivity index (χ0n) is 11.1. The van der Waals surface area contributed by atoms with E-state index in [0.29, 0.717) is 23.3 Å². The molecule has 2 unspecified atom stereocenters. The first-order chi connectivity index (χ1) is 9.40. The molecule has 1 aromatic rings. The number of carbonyl (C=O) groups excluding carboxylic acids is 1. The van der Waals surface area contributed by atoms with Crippen molar-refractivity contribution in [3.8, 4) is 11.8 Å². The third-order valence-corrected chi connectivity index (χ3v) is 3.44. The number of aliphatic carboxylic acids is 1.